The van der Waals surface area contributed by atoms with Gasteiger partial charge in [0, 0.05) is 0 Å². The van der Waals surface area contributed by atoms with Gasteiger partial charge in [-0.25, -0.2) is 34.8 Å². The molecule has 0 aliphatic carbocycles. The third-order valence-corrected chi connectivity index (χ3v) is 5.25. The largest absolute Gasteiger partial charge is 0.746 e. The van der Waals surface area contributed by atoms with E-state index in [0.29, 0.717) is 0 Å². The maximum absolute atomic E-state index is 12.6. The van der Waals surface area contributed by atoms with E-state index in [0.717, 1.165) is 0 Å². The molecule has 0 saturated heterocycles. The van der Waals surface area contributed by atoms with Crippen LogP contribution in [0.3, 0.4) is 0 Å². The molecule has 4 nitrogen and oxygen atoms in total. The molecule has 0 aromatic carbocycles. The topological polar surface area (TPSA) is 57.2 Å². The average molecular weight is 439 g/mol. The van der Waals surface area contributed by atoms with Gasteiger partial charge >= 0.3 is 5.92 Å². The highest BCUT2D eigenvalue weighted by Gasteiger charge is 2.58. The summed E-state index contributed by atoms with van der Waals surface area (Å²) in [6, 6.07) is 0. The van der Waals surface area contributed by atoms with Crippen LogP contribution in [0.1, 0.15) is 27.7 Å². The Labute approximate surface area is 153 Å². The van der Waals surface area contributed by atoms with Crippen LogP contribution in [0.25, 0.3) is 0 Å². The Morgan fingerprint density at radius 1 is 0.815 bits per heavy atom. The average Bonchev–Trinajstić information content (AvgIpc) is 2.61. The summed E-state index contributed by atoms with van der Waals surface area (Å²) in [4.78, 5) is 0. The van der Waals surface area contributed by atoms with Crippen LogP contribution in [-0.4, -0.2) is 80.0 Å². The van der Waals surface area contributed by atoms with Crippen molar-refractivity contribution in [3.63, 3.8) is 0 Å². The van der Waals surface area contributed by atoms with Crippen molar-refractivity contribution < 1.29 is 52.6 Å². The Balaban J connectivity index is 0. The molecule has 0 fully saturated rings. The van der Waals surface area contributed by atoms with E-state index >= 15 is 0 Å². The summed E-state index contributed by atoms with van der Waals surface area (Å²) < 4.78 is 129. The first kappa shape index (κ1) is 28.5. The maximum Gasteiger partial charge on any atom is 0.325 e. The van der Waals surface area contributed by atoms with E-state index in [1.807, 2.05) is 0 Å². The summed E-state index contributed by atoms with van der Waals surface area (Å²) in [5, 5.41) is 0. The van der Waals surface area contributed by atoms with Gasteiger partial charge in [-0.05, 0) is 27.7 Å². The van der Waals surface area contributed by atoms with Gasteiger partial charge in [0.05, 0.1) is 26.2 Å². The van der Waals surface area contributed by atoms with Crippen molar-refractivity contribution >= 4 is 10.1 Å². The number of halogens is 8. The highest BCUT2D eigenvalue weighted by atomic mass is 32.2. The van der Waals surface area contributed by atoms with Crippen LogP contribution < -0.4 is 0 Å². The van der Waals surface area contributed by atoms with Crippen LogP contribution in [0.5, 0.6) is 0 Å². The quantitative estimate of drug-likeness (QED) is 0.297. The van der Waals surface area contributed by atoms with E-state index in [2.05, 4.69) is 27.7 Å². The number of alkyl halides is 8. The zero-order chi connectivity index (χ0) is 22.2. The number of quaternary nitrogens is 1. The number of hydrogen-bond acceptors (Lipinski definition) is 3. The molecule has 0 spiro atoms. The van der Waals surface area contributed by atoms with Gasteiger partial charge < -0.3 is 9.04 Å². The van der Waals surface area contributed by atoms with Crippen molar-refractivity contribution in [3.05, 3.63) is 0 Å². The van der Waals surface area contributed by atoms with Crippen LogP contribution in [0.2, 0.25) is 0 Å². The molecule has 0 aromatic heterocycles. The minimum atomic E-state index is -6.37. The van der Waals surface area contributed by atoms with Gasteiger partial charge in [0.15, 0.2) is 12.3 Å². The SMILES string of the molecule is CC[N+](CC)(CC)CC.O=S(=O)([O-])C(F)C(F)(F)C(F)C(F)C(F)C(F)F. The lowest BCUT2D eigenvalue weighted by Crippen LogP contribution is -2.51. The Kier molecular flexibility index (Phi) is 12.0. The van der Waals surface area contributed by atoms with Crippen molar-refractivity contribution in [1.82, 2.24) is 0 Å². The van der Waals surface area contributed by atoms with Gasteiger partial charge in [-0.15, -0.1) is 0 Å². The second-order valence-electron chi connectivity index (χ2n) is 5.72. The Bertz CT molecular complexity index is 499. The first-order valence-electron chi connectivity index (χ1n) is 8.09. The van der Waals surface area contributed by atoms with E-state index in [9.17, 15) is 48.1 Å². The zero-order valence-electron chi connectivity index (χ0n) is 15.3. The van der Waals surface area contributed by atoms with Crippen molar-refractivity contribution in [3.8, 4) is 0 Å². The van der Waals surface area contributed by atoms with Crippen molar-refractivity contribution in [2.45, 2.75) is 64.1 Å². The smallest absolute Gasteiger partial charge is 0.325 e. The molecule has 0 aromatic rings. The third-order valence-electron chi connectivity index (χ3n) is 4.43. The van der Waals surface area contributed by atoms with Crippen molar-refractivity contribution in [2.24, 2.45) is 0 Å². The summed E-state index contributed by atoms with van der Waals surface area (Å²) in [5.74, 6) is -5.79. The van der Waals surface area contributed by atoms with E-state index < -0.39 is 46.5 Å². The monoisotopic (exact) mass is 439 g/mol. The molecule has 4 atom stereocenters. The molecule has 0 aliphatic heterocycles. The van der Waals surface area contributed by atoms with E-state index in [-0.39, 0.29) is 0 Å². The van der Waals surface area contributed by atoms with Crippen LogP contribution in [0, 0.1) is 0 Å². The molecule has 0 radical (unpaired) electrons. The molecular weight excluding hydrogens is 414 g/mol. The fourth-order valence-corrected chi connectivity index (χ4v) is 2.69. The van der Waals surface area contributed by atoms with Gasteiger partial charge in [0.25, 0.3) is 11.9 Å². The van der Waals surface area contributed by atoms with Gasteiger partial charge in [0.2, 0.25) is 6.17 Å². The molecule has 13 heteroatoms. The maximum atomic E-state index is 12.6. The van der Waals surface area contributed by atoms with Crippen molar-refractivity contribution in [1.29, 1.82) is 0 Å². The predicted molar refractivity (Wildman–Crippen MR) is 82.7 cm³/mol. The molecule has 0 aliphatic rings. The Morgan fingerprint density at radius 2 is 1.15 bits per heavy atom. The van der Waals surface area contributed by atoms with E-state index in [4.69, 9.17) is 0 Å². The van der Waals surface area contributed by atoms with Gasteiger partial charge in [-0.2, -0.15) is 8.78 Å². The second kappa shape index (κ2) is 11.3. The van der Waals surface area contributed by atoms with E-state index in [1.165, 1.54) is 30.7 Å². The predicted octanol–water partition coefficient (Wildman–Crippen LogP) is 3.62. The normalized spacial score (nSPS) is 17.7. The van der Waals surface area contributed by atoms with Crippen LogP contribution in [-0.2, 0) is 10.1 Å². The summed E-state index contributed by atoms with van der Waals surface area (Å²) >= 11 is 0. The summed E-state index contributed by atoms with van der Waals surface area (Å²) in [7, 11) is -6.37. The highest BCUT2D eigenvalue weighted by Crippen LogP contribution is 2.35. The van der Waals surface area contributed by atoms with Crippen molar-refractivity contribution in [2.75, 3.05) is 26.2 Å². The molecule has 0 N–H and O–H groups in total. The first-order chi connectivity index (χ1) is 12.1. The molecule has 166 valence electrons. The number of hydrogen-bond donors (Lipinski definition) is 0. The third kappa shape index (κ3) is 8.06. The van der Waals surface area contributed by atoms with Gasteiger partial charge in [-0.1, -0.05) is 0 Å². The fraction of sp³-hybridized carbons (Fsp3) is 1.00. The lowest BCUT2D eigenvalue weighted by molar-refractivity contribution is -0.921. The lowest BCUT2D eigenvalue weighted by Gasteiger charge is -2.34. The summed E-state index contributed by atoms with van der Waals surface area (Å²) in [6.45, 7) is 14.2. The van der Waals surface area contributed by atoms with E-state index in [1.54, 1.807) is 0 Å². The molecule has 0 saturated carbocycles. The van der Waals surface area contributed by atoms with Gasteiger partial charge in [-0.3, -0.25) is 0 Å². The number of rotatable bonds is 10. The Hall–Kier alpha value is -0.690. The molecule has 4 unspecified atom stereocenters. The zero-order valence-corrected chi connectivity index (χ0v) is 16.1. The minimum Gasteiger partial charge on any atom is -0.746 e. The van der Waals surface area contributed by atoms with Crippen LogP contribution >= 0.6 is 0 Å². The lowest BCUT2D eigenvalue weighted by atomic mass is 10.1. The molecule has 0 rings (SSSR count). The molecule has 27 heavy (non-hydrogen) atoms. The minimum absolute atomic E-state index is 1.28. The molecule has 0 bridgehead atoms. The van der Waals surface area contributed by atoms with Crippen LogP contribution in [0.15, 0.2) is 0 Å². The van der Waals surface area contributed by atoms with Crippen LogP contribution in [0.4, 0.5) is 35.1 Å². The summed E-state index contributed by atoms with van der Waals surface area (Å²) in [6.07, 6.45) is -17.0. The number of nitrogens with zero attached hydrogens (tertiary/aromatic N) is 1. The summed E-state index contributed by atoms with van der Waals surface area (Å²) in [5.41, 5.74) is -4.72. The highest BCUT2D eigenvalue weighted by molar-refractivity contribution is 7.86. The Morgan fingerprint density at radius 3 is 1.33 bits per heavy atom. The molecule has 0 amide bonds. The first-order valence-corrected chi connectivity index (χ1v) is 9.57. The molecular formula is C14H25F8NO3S. The second-order valence-corrected chi connectivity index (χ2v) is 7.11. The fourth-order valence-electron chi connectivity index (χ4n) is 2.17. The van der Waals surface area contributed by atoms with Gasteiger partial charge in [0.1, 0.15) is 10.1 Å². The molecule has 0 heterocycles. The standard InChI is InChI=1S/C8H20N.C6H6F8O3S/c1-5-9(6-2,7-3)8-4;7-1(2(8)4(10)11)3(9)6(13,14)5(12)18(15,16)17/h5-8H2,1-4H3;1-5H,(H,15,16,17)/q+1;/p-1.